The second-order valence-corrected chi connectivity index (χ2v) is 15.8. The summed E-state index contributed by atoms with van der Waals surface area (Å²) >= 11 is 3.02. The Hall–Kier alpha value is -4.76. The van der Waals surface area contributed by atoms with E-state index in [1.807, 2.05) is 0 Å². The van der Waals surface area contributed by atoms with Gasteiger partial charge in [-0.3, -0.25) is 24.1 Å². The van der Waals surface area contributed by atoms with Crippen molar-refractivity contribution < 1.29 is 43.4 Å². The largest absolute Gasteiger partial charge is 0.477 e. The number of thioether (sulfide) groups is 2. The Labute approximate surface area is 297 Å². The Kier molecular flexibility index (Phi) is 11.1. The molecule has 1 saturated heterocycles. The van der Waals surface area contributed by atoms with Crippen LogP contribution >= 0.6 is 34.9 Å². The number of nitrogens with one attached hydrogen (secondary N) is 1. The Morgan fingerprint density at radius 2 is 1.78 bits per heavy atom. The number of carbonyl (C=O) groups excluding carboxylic acids is 4. The third kappa shape index (κ3) is 8.33. The zero-order valence-electron chi connectivity index (χ0n) is 28.0. The van der Waals surface area contributed by atoms with E-state index in [0.717, 1.165) is 39.8 Å². The first-order valence-electron chi connectivity index (χ1n) is 14.6. The van der Waals surface area contributed by atoms with Gasteiger partial charge < -0.3 is 30.5 Å². The zero-order valence-corrected chi connectivity index (χ0v) is 30.4. The monoisotopic (exact) mass is 750 g/mol. The van der Waals surface area contributed by atoms with Gasteiger partial charge in [-0.25, -0.2) is 19.3 Å². The number of hydrogen-bond donors (Lipinski definition) is 3. The molecule has 21 heteroatoms. The summed E-state index contributed by atoms with van der Waals surface area (Å²) in [5.41, 5.74) is 2.56. The number of carbonyl (C=O) groups is 5. The summed E-state index contributed by atoms with van der Waals surface area (Å²) < 4.78 is 11.4. The normalized spacial score (nSPS) is 17.9. The second-order valence-electron chi connectivity index (χ2n) is 12.7. The van der Waals surface area contributed by atoms with Gasteiger partial charge in [-0.1, -0.05) is 35.3 Å². The summed E-state index contributed by atoms with van der Waals surface area (Å²) in [4.78, 5) is 90.2. The molecule has 0 bridgehead atoms. The van der Waals surface area contributed by atoms with Gasteiger partial charge in [-0.15, -0.1) is 16.4 Å². The lowest BCUT2D eigenvalue weighted by atomic mass is 9.98. The molecular formula is C29H34N8O10S3. The highest BCUT2D eigenvalue weighted by Gasteiger charge is 2.55. The number of β-lactam (4-membered cyclic amide) rings is 1. The molecule has 0 aliphatic carbocycles. The quantitative estimate of drug-likeness (QED) is 0.0560. The smallest absolute Gasteiger partial charge is 0.353 e. The van der Waals surface area contributed by atoms with Crippen LogP contribution in [0.15, 0.2) is 43.2 Å². The first-order chi connectivity index (χ1) is 23.2. The summed E-state index contributed by atoms with van der Waals surface area (Å²) in [7, 11) is 1.48. The van der Waals surface area contributed by atoms with Gasteiger partial charge in [-0.2, -0.15) is 4.98 Å². The maximum absolute atomic E-state index is 13.4. The number of nitrogens with zero attached hydrogens (tertiary/aromatic N) is 6. The van der Waals surface area contributed by atoms with Crippen LogP contribution in [0.5, 0.6) is 5.88 Å². The van der Waals surface area contributed by atoms with Crippen molar-refractivity contribution in [2.45, 2.75) is 58.1 Å². The Bertz CT molecular complexity index is 1890. The first kappa shape index (κ1) is 38.0. The molecule has 268 valence electrons. The number of amides is 2. The minimum absolute atomic E-state index is 0.00235. The van der Waals surface area contributed by atoms with Crippen molar-refractivity contribution in [2.75, 3.05) is 18.3 Å². The maximum Gasteiger partial charge on any atom is 0.353 e. The number of oxime groups is 1. The van der Waals surface area contributed by atoms with Gasteiger partial charge in [0.15, 0.2) is 16.0 Å². The molecule has 2 aromatic rings. The van der Waals surface area contributed by atoms with Gasteiger partial charge in [0.1, 0.15) is 22.8 Å². The highest BCUT2D eigenvalue weighted by atomic mass is 32.2. The molecule has 0 unspecified atom stereocenters. The number of carboxylic acids is 1. The van der Waals surface area contributed by atoms with Crippen LogP contribution < -0.4 is 21.3 Å². The molecule has 4 rings (SSSR count). The number of nitrogen functional groups attached to an aromatic ring is 1. The van der Waals surface area contributed by atoms with Crippen LogP contribution in [-0.2, 0) is 40.6 Å². The van der Waals surface area contributed by atoms with E-state index in [0.29, 0.717) is 4.91 Å². The molecular weight excluding hydrogens is 717 g/mol. The third-order valence-electron chi connectivity index (χ3n) is 6.71. The Balaban J connectivity index is 1.49. The average molecular weight is 751 g/mol. The van der Waals surface area contributed by atoms with Gasteiger partial charge >= 0.3 is 29.3 Å². The number of esters is 1. The van der Waals surface area contributed by atoms with Crippen molar-refractivity contribution in [1.82, 2.24) is 30.0 Å². The molecule has 18 nitrogen and oxygen atoms in total. The number of nitrogens with two attached hydrogens (primary N) is 1. The number of aliphatic carboxylic acids is 1. The van der Waals surface area contributed by atoms with Crippen molar-refractivity contribution in [2.24, 2.45) is 23.0 Å². The highest BCUT2D eigenvalue weighted by Crippen LogP contribution is 2.47. The van der Waals surface area contributed by atoms with E-state index in [1.54, 1.807) is 41.5 Å². The van der Waals surface area contributed by atoms with Gasteiger partial charge in [0.05, 0.1) is 10.8 Å². The number of rotatable bonds is 11. The van der Waals surface area contributed by atoms with Crippen LogP contribution in [0, 0.1) is 10.8 Å². The van der Waals surface area contributed by atoms with E-state index < -0.39 is 75.9 Å². The molecule has 2 aliphatic heterocycles. The topological polar surface area (TPSA) is 248 Å². The first-order valence-corrected chi connectivity index (χ1v) is 17.3. The van der Waals surface area contributed by atoms with Crippen LogP contribution in [0.3, 0.4) is 0 Å². The number of ether oxygens (including phenoxy) is 2. The minimum atomic E-state index is -1.42. The Morgan fingerprint density at radius 3 is 2.36 bits per heavy atom. The summed E-state index contributed by atoms with van der Waals surface area (Å²) in [6.07, 6.45) is 0. The summed E-state index contributed by atoms with van der Waals surface area (Å²) in [5.74, 6) is -4.83. The number of aromatic nitrogens is 4. The fourth-order valence-electron chi connectivity index (χ4n) is 4.00. The van der Waals surface area contributed by atoms with Gasteiger partial charge in [0.25, 0.3) is 11.8 Å². The van der Waals surface area contributed by atoms with Gasteiger partial charge in [0.2, 0.25) is 6.79 Å². The molecule has 4 N–H and O–H groups in total. The zero-order chi connectivity index (χ0) is 37.3. The molecule has 1 fully saturated rings. The average Bonchev–Trinajstić information content (AvgIpc) is 3.44. The molecule has 0 spiro atoms. The van der Waals surface area contributed by atoms with Crippen molar-refractivity contribution in [3.8, 4) is 5.88 Å². The molecule has 2 aliphatic rings. The van der Waals surface area contributed by atoms with E-state index in [1.165, 1.54) is 17.1 Å². The van der Waals surface area contributed by atoms with E-state index >= 15 is 0 Å². The van der Waals surface area contributed by atoms with Crippen molar-refractivity contribution in [3.63, 3.8) is 0 Å². The minimum Gasteiger partial charge on any atom is -0.477 e. The summed E-state index contributed by atoms with van der Waals surface area (Å²) in [6.45, 7) is 13.2. The van der Waals surface area contributed by atoms with Crippen LogP contribution in [0.2, 0.25) is 0 Å². The molecule has 50 heavy (non-hydrogen) atoms. The number of allylic oxidation sites excluding steroid dienone is 1. The molecule has 4 heterocycles. The van der Waals surface area contributed by atoms with E-state index in [-0.39, 0.29) is 33.0 Å². The fraction of sp³-hybridized carbons (Fsp3) is 0.448. The number of fused-ring (bicyclic) bond motifs is 1. The van der Waals surface area contributed by atoms with E-state index in [9.17, 15) is 33.9 Å². The van der Waals surface area contributed by atoms with Crippen LogP contribution in [0.25, 0.3) is 0 Å². The standard InChI is InChI=1S/C29H34N8O10S3/c1-12-13(9-49-27-33-19(39)20(34-36(27)8)45-11-46-24(43)28(2,3)4)17(23(41)42)37-21(40)16(22(37)50-12)32-18(38)15(14-10-48-26(30)31-14)35-47-25(44)29(5,6)7/h10,16,22H,1,9,11H2,2-8H3,(H2,30,31)(H,32,38)(H,41,42)/t16-,22-/m1/s1. The number of aryl methyl sites for hydroxylation is 1. The van der Waals surface area contributed by atoms with Gasteiger partial charge in [-0.05, 0) is 41.5 Å². The van der Waals surface area contributed by atoms with Crippen molar-refractivity contribution in [3.05, 3.63) is 44.2 Å². The van der Waals surface area contributed by atoms with E-state index in [2.05, 4.69) is 32.1 Å². The number of hydrogen-bond acceptors (Lipinski definition) is 17. The molecule has 0 radical (unpaired) electrons. The van der Waals surface area contributed by atoms with Crippen LogP contribution in [-0.4, -0.2) is 89.2 Å². The summed E-state index contributed by atoms with van der Waals surface area (Å²) in [5, 5.41) is 21.2. The number of thiazole rings is 1. The van der Waals surface area contributed by atoms with Crippen LogP contribution in [0.1, 0.15) is 47.2 Å². The van der Waals surface area contributed by atoms with Gasteiger partial charge in [0, 0.05) is 28.7 Å². The molecule has 0 saturated carbocycles. The SMILES string of the molecule is C=C1S[C@@H]2[C@H](NC(=O)C(=NOC(=O)C(C)(C)C)c3csc(N)n3)C(=O)N2C(C(=O)O)=C1CSc1nc(=O)c(OCOC(=O)C(C)(C)C)nn1C. The second kappa shape index (κ2) is 14.6. The lowest BCUT2D eigenvalue weighted by Crippen LogP contribution is -2.71. The number of anilines is 1. The Morgan fingerprint density at radius 1 is 1.12 bits per heavy atom. The molecule has 0 aromatic carbocycles. The molecule has 2 amide bonds. The number of carboxylic acid groups (broad SMARTS) is 1. The van der Waals surface area contributed by atoms with Crippen LogP contribution in [0.4, 0.5) is 5.13 Å². The molecule has 2 aromatic heterocycles. The van der Waals surface area contributed by atoms with E-state index in [4.69, 9.17) is 20.0 Å². The highest BCUT2D eigenvalue weighted by molar-refractivity contribution is 8.04. The lowest BCUT2D eigenvalue weighted by Gasteiger charge is -2.49. The third-order valence-corrected chi connectivity index (χ3v) is 9.69. The predicted octanol–water partition coefficient (Wildman–Crippen LogP) is 1.48. The fourth-order valence-corrected chi connectivity index (χ4v) is 6.84. The summed E-state index contributed by atoms with van der Waals surface area (Å²) in [6, 6.07) is -1.20. The van der Waals surface area contributed by atoms with Crippen molar-refractivity contribution in [1.29, 1.82) is 0 Å². The maximum atomic E-state index is 13.4. The lowest BCUT2D eigenvalue weighted by molar-refractivity contribution is -0.160. The molecule has 2 atom stereocenters. The van der Waals surface area contributed by atoms with Crippen molar-refractivity contribution >= 4 is 75.4 Å². The predicted molar refractivity (Wildman–Crippen MR) is 182 cm³/mol.